The number of aliphatic hydroxyl groups is 1. The number of rotatable bonds is 4. The van der Waals surface area contributed by atoms with E-state index in [4.69, 9.17) is 9.76 Å². The molecule has 1 aliphatic rings. The summed E-state index contributed by atoms with van der Waals surface area (Å²) in [6.45, 7) is 7.02. The molecule has 13 heavy (non-hydrogen) atoms. The van der Waals surface area contributed by atoms with E-state index in [9.17, 15) is 0 Å². The number of hydrogen-bond acceptors (Lipinski definition) is 3. The highest BCUT2D eigenvalue weighted by atomic mass is 16.4. The Morgan fingerprint density at radius 3 is 2.92 bits per heavy atom. The van der Waals surface area contributed by atoms with Crippen molar-refractivity contribution in [2.75, 3.05) is 0 Å². The normalized spacial score (nSPS) is 27.4. The Bertz CT molecular complexity index is 188. The Kier molecular flexibility index (Phi) is 3.89. The first-order chi connectivity index (χ1) is 6.22. The topological polar surface area (TPSA) is 41.5 Å². The molecule has 0 aromatic rings. The zero-order valence-electron chi connectivity index (χ0n) is 7.70. The lowest BCUT2D eigenvalue weighted by molar-refractivity contribution is 0.154. The molecule has 0 aromatic heterocycles. The maximum absolute atomic E-state index is 8.95. The van der Waals surface area contributed by atoms with Crippen molar-refractivity contribution in [2.24, 2.45) is 0 Å². The highest BCUT2D eigenvalue weighted by Gasteiger charge is 2.22. The number of nitrogens with one attached hydrogen (secondary N) is 1. The molecule has 2 unspecified atom stereocenters. The fraction of sp³-hybridized carbons (Fsp3) is 0.556. The van der Waals surface area contributed by atoms with Gasteiger partial charge in [-0.1, -0.05) is 13.2 Å². The lowest BCUT2D eigenvalue weighted by Gasteiger charge is -2.28. The van der Waals surface area contributed by atoms with E-state index < -0.39 is 0 Å². The van der Waals surface area contributed by atoms with Gasteiger partial charge < -0.3 is 15.1 Å². The van der Waals surface area contributed by atoms with Gasteiger partial charge in [0, 0.05) is 18.5 Å². The summed E-state index contributed by atoms with van der Waals surface area (Å²) in [5, 5.41) is 12.0. The van der Waals surface area contributed by atoms with Crippen LogP contribution in [0.3, 0.4) is 0 Å². The largest absolute Gasteiger partial charge is 0.513 e. The Balaban J connectivity index is 2.22. The van der Waals surface area contributed by atoms with Crippen LogP contribution in [0.4, 0.5) is 0 Å². The van der Waals surface area contributed by atoms with Gasteiger partial charge in [0.25, 0.3) is 0 Å². The minimum absolute atomic E-state index is 0.0837. The van der Waals surface area contributed by atoms with Gasteiger partial charge in [-0.2, -0.15) is 0 Å². The smallest absolute Gasteiger partial charge is 0.316 e. The van der Waals surface area contributed by atoms with E-state index in [2.05, 4.69) is 18.5 Å². The highest BCUT2D eigenvalue weighted by Crippen LogP contribution is 2.16. The third kappa shape index (κ3) is 3.55. The van der Waals surface area contributed by atoms with Crippen LogP contribution in [0, 0.1) is 0 Å². The van der Waals surface area contributed by atoms with Crippen molar-refractivity contribution in [3.05, 3.63) is 25.1 Å². The van der Waals surface area contributed by atoms with Crippen LogP contribution in [0.1, 0.15) is 19.3 Å². The molecule has 0 aromatic carbocycles. The molecule has 2 atom stereocenters. The van der Waals surface area contributed by atoms with Gasteiger partial charge in [0.2, 0.25) is 0 Å². The summed E-state index contributed by atoms with van der Waals surface area (Å²) in [5.41, 5.74) is 0. The van der Waals surface area contributed by atoms with Crippen molar-refractivity contribution < 1.29 is 9.76 Å². The lowest BCUT2D eigenvalue weighted by Crippen LogP contribution is -2.40. The number of hydrogen-bond donors (Lipinski definition) is 2. The molecule has 0 amide bonds. The van der Waals surface area contributed by atoms with E-state index in [1.165, 1.54) is 0 Å². The molecule has 0 aliphatic carbocycles. The van der Waals surface area contributed by atoms with E-state index in [1.54, 1.807) is 13.7 Å². The fourth-order valence-corrected chi connectivity index (χ4v) is 1.39. The Labute approximate surface area is 79.8 Å². The maximum Gasteiger partial charge on any atom is 0.316 e. The molecule has 2 N–H and O–H groups in total. The fourth-order valence-electron chi connectivity index (χ4n) is 1.39. The van der Waals surface area contributed by atoms with E-state index in [0.29, 0.717) is 6.42 Å². The van der Waals surface area contributed by atoms with Gasteiger partial charge in [0.05, 0.1) is 5.76 Å². The quantitative estimate of drug-likeness (QED) is 0.506. The van der Waals surface area contributed by atoms with Gasteiger partial charge in [0.15, 0.2) is 0 Å². The predicted molar refractivity (Wildman–Crippen MR) is 53.4 cm³/mol. The summed E-state index contributed by atoms with van der Waals surface area (Å²) in [6, 6.07) is 0. The summed E-state index contributed by atoms with van der Waals surface area (Å²) in [6.07, 6.45) is 4.21. The van der Waals surface area contributed by atoms with Crippen molar-refractivity contribution >= 4 is 7.48 Å². The molecule has 0 saturated carbocycles. The van der Waals surface area contributed by atoms with Crippen molar-refractivity contribution in [1.29, 1.82) is 0 Å². The second kappa shape index (κ2) is 4.97. The van der Waals surface area contributed by atoms with Gasteiger partial charge in [-0.15, -0.1) is 0 Å². The van der Waals surface area contributed by atoms with Gasteiger partial charge in [-0.3, -0.25) is 0 Å². The zero-order valence-corrected chi connectivity index (χ0v) is 7.70. The zero-order chi connectivity index (χ0) is 9.68. The minimum Gasteiger partial charge on any atom is -0.513 e. The standard InChI is InChI=1S/C9H15BNO2/c1-3-11-9-5-4-8(13-10-9)6-7(2)12/h3,8-9,11-12H,1-2,4-6H2. The SMILES string of the molecule is C=CNC1[B]OC(CC(=C)O)CC1. The average Bonchev–Trinajstić information content (AvgIpc) is 2.08. The molecule has 1 aliphatic heterocycles. The first-order valence-electron chi connectivity index (χ1n) is 4.45. The third-order valence-electron chi connectivity index (χ3n) is 2.03. The molecule has 0 bridgehead atoms. The summed E-state index contributed by atoms with van der Waals surface area (Å²) >= 11 is 0. The van der Waals surface area contributed by atoms with Gasteiger partial charge in [-0.25, -0.2) is 0 Å². The molecule has 71 valence electrons. The van der Waals surface area contributed by atoms with Crippen LogP contribution < -0.4 is 5.32 Å². The molecule has 1 saturated heterocycles. The van der Waals surface area contributed by atoms with Crippen LogP contribution in [-0.4, -0.2) is 24.6 Å². The molecule has 1 fully saturated rings. The molecule has 1 rings (SSSR count). The van der Waals surface area contributed by atoms with Crippen LogP contribution in [-0.2, 0) is 4.65 Å². The van der Waals surface area contributed by atoms with Gasteiger partial charge in [0.1, 0.15) is 0 Å². The van der Waals surface area contributed by atoms with Crippen LogP contribution >= 0.6 is 0 Å². The lowest BCUT2D eigenvalue weighted by atomic mass is 9.79. The summed E-state index contributed by atoms with van der Waals surface area (Å²) in [5.74, 6) is 0.439. The van der Waals surface area contributed by atoms with Crippen LogP contribution in [0.2, 0.25) is 0 Å². The van der Waals surface area contributed by atoms with E-state index in [1.807, 2.05) is 0 Å². The second-order valence-corrected chi connectivity index (χ2v) is 3.22. The summed E-state index contributed by atoms with van der Waals surface area (Å²) < 4.78 is 5.40. The minimum atomic E-state index is 0.0837. The molecule has 4 heteroatoms. The summed E-state index contributed by atoms with van der Waals surface area (Å²) in [4.78, 5) is 0. The molecule has 1 radical (unpaired) electrons. The Hall–Kier alpha value is -0.895. The van der Waals surface area contributed by atoms with Crippen molar-refractivity contribution in [1.82, 2.24) is 5.32 Å². The van der Waals surface area contributed by atoms with Crippen molar-refractivity contribution in [2.45, 2.75) is 31.3 Å². The van der Waals surface area contributed by atoms with Crippen LogP contribution in [0.25, 0.3) is 0 Å². The molecule has 1 heterocycles. The Morgan fingerprint density at radius 2 is 2.46 bits per heavy atom. The van der Waals surface area contributed by atoms with Crippen LogP contribution in [0.15, 0.2) is 25.1 Å². The van der Waals surface area contributed by atoms with Gasteiger partial charge >= 0.3 is 7.48 Å². The monoisotopic (exact) mass is 180 g/mol. The van der Waals surface area contributed by atoms with Crippen LogP contribution in [0.5, 0.6) is 0 Å². The molecular weight excluding hydrogens is 165 g/mol. The highest BCUT2D eigenvalue weighted by molar-refractivity contribution is 6.30. The average molecular weight is 180 g/mol. The van der Waals surface area contributed by atoms with E-state index >= 15 is 0 Å². The van der Waals surface area contributed by atoms with Crippen molar-refractivity contribution in [3.63, 3.8) is 0 Å². The molecule has 0 spiro atoms. The van der Waals surface area contributed by atoms with E-state index in [0.717, 1.165) is 12.8 Å². The molecular formula is C9H15BNO2. The maximum atomic E-state index is 8.95. The van der Waals surface area contributed by atoms with E-state index in [-0.39, 0.29) is 17.8 Å². The van der Waals surface area contributed by atoms with Gasteiger partial charge in [-0.05, 0) is 19.0 Å². The molecule has 3 nitrogen and oxygen atoms in total. The predicted octanol–water partition coefficient (Wildman–Crippen LogP) is 1.31. The first kappa shape index (κ1) is 10.2. The first-order valence-corrected chi connectivity index (χ1v) is 4.45. The van der Waals surface area contributed by atoms with Crippen molar-refractivity contribution in [3.8, 4) is 0 Å². The Morgan fingerprint density at radius 1 is 1.69 bits per heavy atom. The second-order valence-electron chi connectivity index (χ2n) is 3.22. The number of aliphatic hydroxyl groups excluding tert-OH is 1. The third-order valence-corrected chi connectivity index (χ3v) is 2.03. The summed E-state index contributed by atoms with van der Waals surface area (Å²) in [7, 11) is 1.76.